The molecule has 1 saturated carbocycles. The lowest BCUT2D eigenvalue weighted by molar-refractivity contribution is -0.166. The Hall–Kier alpha value is -5.82. The van der Waals surface area contributed by atoms with E-state index in [0.717, 1.165) is 33.4 Å². The molecule has 0 aliphatic heterocycles. The van der Waals surface area contributed by atoms with E-state index in [9.17, 15) is 15.0 Å². The fraction of sp³-hybridized carbons (Fsp3) is 0.283. The van der Waals surface area contributed by atoms with Gasteiger partial charge in [-0.25, -0.2) is 0 Å². The summed E-state index contributed by atoms with van der Waals surface area (Å²) in [5.41, 5.74) is 9.25. The highest BCUT2D eigenvalue weighted by molar-refractivity contribution is 6.05. The fourth-order valence-electron chi connectivity index (χ4n) is 9.19. The average molecular weight is 785 g/mol. The van der Waals surface area contributed by atoms with Crippen LogP contribution in [0.3, 0.4) is 0 Å². The monoisotopic (exact) mass is 784 g/mol. The number of hydrogen-bond donors (Lipinski definition) is 3. The van der Waals surface area contributed by atoms with E-state index >= 15 is 4.79 Å². The van der Waals surface area contributed by atoms with Crippen LogP contribution in [0.2, 0.25) is 0 Å². The molecule has 1 aliphatic rings. The highest BCUT2D eigenvalue weighted by Gasteiger charge is 2.58. The van der Waals surface area contributed by atoms with Gasteiger partial charge in [0.1, 0.15) is 16.6 Å². The first kappa shape index (κ1) is 41.3. The van der Waals surface area contributed by atoms with Gasteiger partial charge in [-0.1, -0.05) is 193 Å². The maximum absolute atomic E-state index is 16.4. The van der Waals surface area contributed by atoms with Gasteiger partial charge < -0.3 is 20.8 Å². The first-order valence-corrected chi connectivity index (χ1v) is 20.8. The Morgan fingerprint density at radius 3 is 1.08 bits per heavy atom. The van der Waals surface area contributed by atoms with Gasteiger partial charge in [0.25, 0.3) is 0 Å². The Balaban J connectivity index is 1.63. The van der Waals surface area contributed by atoms with Crippen molar-refractivity contribution in [2.75, 3.05) is 0 Å². The Kier molecular flexibility index (Phi) is 12.0. The van der Waals surface area contributed by atoms with Crippen molar-refractivity contribution < 1.29 is 19.8 Å². The predicted molar refractivity (Wildman–Crippen MR) is 236 cm³/mol. The van der Waals surface area contributed by atoms with Crippen LogP contribution in [0.25, 0.3) is 0 Å². The Bertz CT molecular complexity index is 2100. The number of aryl methyl sites for hydroxylation is 4. The lowest BCUT2D eigenvalue weighted by atomic mass is 9.70. The van der Waals surface area contributed by atoms with Crippen LogP contribution >= 0.6 is 0 Å². The maximum Gasteiger partial charge on any atom is 0.239 e. The molecule has 2 amide bonds. The third-order valence-corrected chi connectivity index (χ3v) is 12.7. The molecule has 2 unspecified atom stereocenters. The summed E-state index contributed by atoms with van der Waals surface area (Å²) in [6.07, 6.45) is 2.21. The summed E-state index contributed by atoms with van der Waals surface area (Å²) in [7, 11) is 0. The van der Waals surface area contributed by atoms with E-state index in [2.05, 4.69) is 0 Å². The van der Waals surface area contributed by atoms with Crippen LogP contribution in [-0.2, 0) is 33.6 Å². The minimum atomic E-state index is -1.86. The summed E-state index contributed by atoms with van der Waals surface area (Å²) < 4.78 is 0. The van der Waals surface area contributed by atoms with E-state index in [-0.39, 0.29) is 25.7 Å². The molecule has 1 aliphatic carbocycles. The largest absolute Gasteiger partial charge is 0.378 e. The Morgan fingerprint density at radius 1 is 0.525 bits per heavy atom. The number of nitrogens with two attached hydrogens (primary N) is 1. The number of hydrogen-bond acceptors (Lipinski definition) is 4. The number of nitrogens with zero attached hydrogens (tertiary/aromatic N) is 1. The Morgan fingerprint density at radius 2 is 0.814 bits per heavy atom. The molecule has 6 aromatic rings. The highest BCUT2D eigenvalue weighted by atomic mass is 16.3. The molecule has 4 N–H and O–H groups in total. The molecular weight excluding hydrogens is 729 g/mol. The molecule has 6 heteroatoms. The molecule has 0 bridgehead atoms. The van der Waals surface area contributed by atoms with Gasteiger partial charge in [0.05, 0.1) is 12.1 Å². The van der Waals surface area contributed by atoms with Crippen molar-refractivity contribution in [1.82, 2.24) is 4.90 Å². The lowest BCUT2D eigenvalue weighted by Crippen LogP contribution is -2.67. The van der Waals surface area contributed by atoms with Crippen LogP contribution < -0.4 is 5.73 Å². The summed E-state index contributed by atoms with van der Waals surface area (Å²) in [6.45, 7) is 8.01. The second-order valence-electron chi connectivity index (χ2n) is 16.8. The van der Waals surface area contributed by atoms with E-state index in [0.29, 0.717) is 35.1 Å². The van der Waals surface area contributed by atoms with Gasteiger partial charge in [-0.2, -0.15) is 0 Å². The minimum absolute atomic E-state index is 0.183. The maximum atomic E-state index is 16.4. The smallest absolute Gasteiger partial charge is 0.239 e. The Labute approximate surface area is 349 Å². The standard InChI is InChI=1S/C53H56N2O4/c1-37-17-25-43(26-18-37)52(58,44-27-19-38(2)20-28-44)47(35-41-13-7-5-8-14-41)55(50(57)51(49(54)56)33-11-12-34-51)48(36-42-15-9-6-10-16-42)53(59,45-29-21-39(3)22-30-45)46-31-23-40(4)24-32-46/h5-10,13-32,47-48,58-59H,11-12,33-36H2,1-4H3,(H2,54,56). The number of rotatable bonds is 14. The summed E-state index contributed by atoms with van der Waals surface area (Å²) in [4.78, 5) is 32.1. The van der Waals surface area contributed by atoms with E-state index in [4.69, 9.17) is 5.73 Å². The van der Waals surface area contributed by atoms with E-state index in [1.165, 1.54) is 0 Å². The van der Waals surface area contributed by atoms with Gasteiger partial charge in [-0.3, -0.25) is 9.59 Å². The summed E-state index contributed by atoms with van der Waals surface area (Å²) in [5, 5.41) is 28.3. The van der Waals surface area contributed by atoms with Crippen molar-refractivity contribution in [3.8, 4) is 0 Å². The molecule has 302 valence electrons. The number of aliphatic hydroxyl groups is 2. The average Bonchev–Trinajstić information content (AvgIpc) is 3.76. The van der Waals surface area contributed by atoms with E-state index < -0.39 is 40.5 Å². The molecule has 7 rings (SSSR count). The number of benzene rings is 6. The molecule has 6 nitrogen and oxygen atoms in total. The zero-order valence-electron chi connectivity index (χ0n) is 34.6. The second kappa shape index (κ2) is 17.2. The van der Waals surface area contributed by atoms with Crippen LogP contribution in [0.1, 0.15) is 81.3 Å². The normalized spacial score (nSPS) is 15.0. The minimum Gasteiger partial charge on any atom is -0.378 e. The van der Waals surface area contributed by atoms with Crippen molar-refractivity contribution >= 4 is 11.8 Å². The first-order chi connectivity index (χ1) is 28.4. The molecule has 0 radical (unpaired) electrons. The van der Waals surface area contributed by atoms with Gasteiger partial charge in [0.2, 0.25) is 11.8 Å². The van der Waals surface area contributed by atoms with E-state index in [1.807, 2.05) is 185 Å². The van der Waals surface area contributed by atoms with Gasteiger partial charge in [0, 0.05) is 0 Å². The molecule has 0 saturated heterocycles. The molecule has 0 spiro atoms. The topological polar surface area (TPSA) is 104 Å². The van der Waals surface area contributed by atoms with Crippen LogP contribution in [0.5, 0.6) is 0 Å². The molecule has 2 atom stereocenters. The van der Waals surface area contributed by atoms with Crippen LogP contribution in [0.15, 0.2) is 158 Å². The van der Waals surface area contributed by atoms with Gasteiger partial charge >= 0.3 is 0 Å². The molecule has 0 heterocycles. The third-order valence-electron chi connectivity index (χ3n) is 12.7. The predicted octanol–water partition coefficient (Wildman–Crippen LogP) is 9.19. The summed E-state index contributed by atoms with van der Waals surface area (Å²) in [6, 6.07) is 48.7. The van der Waals surface area contributed by atoms with Gasteiger partial charge in [0.15, 0.2) is 0 Å². The van der Waals surface area contributed by atoms with Crippen molar-refractivity contribution in [2.24, 2.45) is 11.1 Å². The number of amides is 2. The van der Waals surface area contributed by atoms with Crippen molar-refractivity contribution in [3.05, 3.63) is 213 Å². The zero-order valence-corrected chi connectivity index (χ0v) is 34.6. The van der Waals surface area contributed by atoms with Crippen LogP contribution in [0.4, 0.5) is 0 Å². The lowest BCUT2D eigenvalue weighted by Gasteiger charge is -2.53. The molecule has 59 heavy (non-hydrogen) atoms. The molecule has 6 aromatic carbocycles. The van der Waals surface area contributed by atoms with Crippen molar-refractivity contribution in [3.63, 3.8) is 0 Å². The fourth-order valence-corrected chi connectivity index (χ4v) is 9.19. The van der Waals surface area contributed by atoms with Crippen molar-refractivity contribution in [1.29, 1.82) is 0 Å². The molecule has 0 aromatic heterocycles. The quantitative estimate of drug-likeness (QED) is 0.0959. The molecular formula is C53H56N2O4. The van der Waals surface area contributed by atoms with Gasteiger partial charge in [-0.05, 0) is 86.8 Å². The zero-order chi connectivity index (χ0) is 41.8. The highest BCUT2D eigenvalue weighted by Crippen LogP contribution is 2.48. The first-order valence-electron chi connectivity index (χ1n) is 20.8. The van der Waals surface area contributed by atoms with Crippen molar-refractivity contribution in [2.45, 2.75) is 89.5 Å². The van der Waals surface area contributed by atoms with Crippen LogP contribution in [0, 0.1) is 33.1 Å². The number of carbonyl (C=O) groups excluding carboxylic acids is 2. The molecule has 1 fully saturated rings. The number of primary amides is 1. The summed E-state index contributed by atoms with van der Waals surface area (Å²) in [5.74, 6) is -1.18. The van der Waals surface area contributed by atoms with Gasteiger partial charge in [-0.15, -0.1) is 0 Å². The third kappa shape index (κ3) is 8.12. The van der Waals surface area contributed by atoms with E-state index in [1.54, 1.807) is 4.90 Å². The summed E-state index contributed by atoms with van der Waals surface area (Å²) >= 11 is 0. The second-order valence-corrected chi connectivity index (χ2v) is 16.8. The van der Waals surface area contributed by atoms with Crippen LogP contribution in [-0.4, -0.2) is 39.0 Å². The number of carbonyl (C=O) groups is 2. The SMILES string of the molecule is Cc1ccc(C(O)(c2ccc(C)cc2)C(Cc2ccccc2)N(C(=O)C2(C(N)=O)CCCC2)C(Cc2ccccc2)C(O)(c2ccc(C)cc2)c2ccc(C)cc2)cc1.